The maximum Gasteiger partial charge on any atom is 0.272 e. The van der Waals surface area contributed by atoms with Crippen molar-refractivity contribution in [3.05, 3.63) is 41.7 Å². The maximum atomic E-state index is 12.1. The van der Waals surface area contributed by atoms with Crippen LogP contribution >= 0.6 is 0 Å². The topological polar surface area (TPSA) is 80.4 Å². The molecule has 0 aliphatic heterocycles. The van der Waals surface area contributed by atoms with Gasteiger partial charge in [0, 0.05) is 35.6 Å². The Morgan fingerprint density at radius 1 is 1.05 bits per heavy atom. The third-order valence-corrected chi connectivity index (χ3v) is 2.94. The molecule has 2 aromatic rings. The Kier molecular flexibility index (Phi) is 4.27. The van der Waals surface area contributed by atoms with Gasteiger partial charge in [-0.25, -0.2) is 0 Å². The van der Waals surface area contributed by atoms with Gasteiger partial charge in [-0.05, 0) is 13.0 Å². The van der Waals surface area contributed by atoms with E-state index in [9.17, 15) is 9.59 Å². The number of Topliss-reactive ketones (excluding diaryl/α,β-unsaturated/α-hetero) is 1. The van der Waals surface area contributed by atoms with Crippen LogP contribution in [0.25, 0.3) is 0 Å². The number of anilines is 1. The summed E-state index contributed by atoms with van der Waals surface area (Å²) in [5.74, 6) is 0.687. The van der Waals surface area contributed by atoms with E-state index in [0.29, 0.717) is 28.4 Å². The molecule has 0 aliphatic rings. The highest BCUT2D eigenvalue weighted by molar-refractivity contribution is 6.05. The summed E-state index contributed by atoms with van der Waals surface area (Å²) >= 11 is 0. The predicted octanol–water partition coefficient (Wildman–Crippen LogP) is 2.49. The summed E-state index contributed by atoms with van der Waals surface area (Å²) in [5, 5.41) is 2.72. The fourth-order valence-electron chi connectivity index (χ4n) is 1.81. The van der Waals surface area contributed by atoms with Crippen LogP contribution < -0.4 is 14.8 Å². The summed E-state index contributed by atoms with van der Waals surface area (Å²) in [7, 11) is 3.06. The summed E-state index contributed by atoms with van der Waals surface area (Å²) in [6.45, 7) is 1.44. The first kappa shape index (κ1) is 14.6. The molecule has 1 aromatic carbocycles. The first-order chi connectivity index (χ1) is 10.0. The van der Waals surface area contributed by atoms with Gasteiger partial charge in [0.1, 0.15) is 17.2 Å². The summed E-state index contributed by atoms with van der Waals surface area (Å²) in [6, 6.07) is 6.57. The van der Waals surface area contributed by atoms with Gasteiger partial charge in [0.2, 0.25) is 0 Å². The van der Waals surface area contributed by atoms with Crippen molar-refractivity contribution in [2.24, 2.45) is 0 Å². The van der Waals surface area contributed by atoms with Gasteiger partial charge in [0.25, 0.3) is 5.91 Å². The normalized spacial score (nSPS) is 10.0. The molecule has 6 nitrogen and oxygen atoms in total. The number of amides is 1. The molecule has 110 valence electrons. The maximum absolute atomic E-state index is 12.1. The molecule has 0 unspecified atom stereocenters. The lowest BCUT2D eigenvalue weighted by molar-refractivity contribution is 0.101. The number of hydrogen-bond acceptors (Lipinski definition) is 4. The number of nitrogens with one attached hydrogen (secondary N) is 2. The molecule has 1 heterocycles. The van der Waals surface area contributed by atoms with Crippen molar-refractivity contribution in [1.29, 1.82) is 0 Å². The molecule has 0 atom stereocenters. The average Bonchev–Trinajstić information content (AvgIpc) is 2.97. The Balaban J connectivity index is 2.20. The van der Waals surface area contributed by atoms with Crippen LogP contribution in [0.1, 0.15) is 27.8 Å². The van der Waals surface area contributed by atoms with Gasteiger partial charge in [-0.1, -0.05) is 0 Å². The first-order valence-electron chi connectivity index (χ1n) is 6.27. The third-order valence-electron chi connectivity index (χ3n) is 2.94. The van der Waals surface area contributed by atoms with Gasteiger partial charge >= 0.3 is 0 Å². The number of benzene rings is 1. The molecule has 0 fully saturated rings. The number of carbonyl (C=O) groups is 2. The number of aromatic nitrogens is 1. The molecule has 2 rings (SSSR count). The Labute approximate surface area is 122 Å². The van der Waals surface area contributed by atoms with E-state index >= 15 is 0 Å². The zero-order chi connectivity index (χ0) is 15.4. The fourth-order valence-corrected chi connectivity index (χ4v) is 1.81. The van der Waals surface area contributed by atoms with Crippen molar-refractivity contribution in [1.82, 2.24) is 4.98 Å². The minimum Gasteiger partial charge on any atom is -0.497 e. The van der Waals surface area contributed by atoms with Gasteiger partial charge in [0.15, 0.2) is 5.78 Å². The van der Waals surface area contributed by atoms with Crippen LogP contribution in [0.2, 0.25) is 0 Å². The highest BCUT2D eigenvalue weighted by atomic mass is 16.5. The number of carbonyl (C=O) groups excluding carboxylic acids is 2. The van der Waals surface area contributed by atoms with Crippen molar-refractivity contribution in [3.63, 3.8) is 0 Å². The average molecular weight is 288 g/mol. The molecule has 21 heavy (non-hydrogen) atoms. The van der Waals surface area contributed by atoms with Crippen LogP contribution in [0.3, 0.4) is 0 Å². The number of ketones is 1. The van der Waals surface area contributed by atoms with Crippen molar-refractivity contribution < 1.29 is 19.1 Å². The van der Waals surface area contributed by atoms with Crippen molar-refractivity contribution in [3.8, 4) is 11.5 Å². The molecular formula is C15H16N2O4. The van der Waals surface area contributed by atoms with Crippen molar-refractivity contribution in [2.75, 3.05) is 19.5 Å². The lowest BCUT2D eigenvalue weighted by atomic mass is 10.2. The van der Waals surface area contributed by atoms with Crippen LogP contribution in [0.15, 0.2) is 30.5 Å². The Morgan fingerprint density at radius 3 is 2.14 bits per heavy atom. The van der Waals surface area contributed by atoms with E-state index < -0.39 is 0 Å². The van der Waals surface area contributed by atoms with Crippen LogP contribution in [-0.2, 0) is 0 Å². The quantitative estimate of drug-likeness (QED) is 0.828. The Hall–Kier alpha value is -2.76. The number of aromatic amines is 1. The van der Waals surface area contributed by atoms with Crippen molar-refractivity contribution in [2.45, 2.75) is 6.92 Å². The molecule has 2 N–H and O–H groups in total. The molecule has 0 saturated carbocycles. The summed E-state index contributed by atoms with van der Waals surface area (Å²) in [4.78, 5) is 26.1. The summed E-state index contributed by atoms with van der Waals surface area (Å²) < 4.78 is 10.3. The molecule has 1 aromatic heterocycles. The fraction of sp³-hybridized carbons (Fsp3) is 0.200. The van der Waals surface area contributed by atoms with Gasteiger partial charge in [-0.2, -0.15) is 0 Å². The lowest BCUT2D eigenvalue weighted by Crippen LogP contribution is -2.12. The molecule has 0 radical (unpaired) electrons. The first-order valence-corrected chi connectivity index (χ1v) is 6.27. The summed E-state index contributed by atoms with van der Waals surface area (Å²) in [5.41, 5.74) is 1.31. The molecule has 0 aliphatic carbocycles. The van der Waals surface area contributed by atoms with E-state index in [1.807, 2.05) is 0 Å². The molecule has 0 spiro atoms. The Bertz CT molecular complexity index is 654. The largest absolute Gasteiger partial charge is 0.497 e. The number of hydrogen-bond donors (Lipinski definition) is 2. The van der Waals surface area contributed by atoms with E-state index in [1.165, 1.54) is 33.4 Å². The zero-order valence-corrected chi connectivity index (χ0v) is 12.0. The SMILES string of the molecule is COc1cc(NC(=O)c2cc(C(C)=O)c[nH]2)cc(OC)c1. The molecule has 0 saturated heterocycles. The summed E-state index contributed by atoms with van der Waals surface area (Å²) in [6.07, 6.45) is 1.50. The van der Waals surface area contributed by atoms with Crippen LogP contribution in [0.5, 0.6) is 11.5 Å². The van der Waals surface area contributed by atoms with E-state index in [1.54, 1.807) is 18.2 Å². The standard InChI is InChI=1S/C15H16N2O4/c1-9(18)10-4-14(16-8-10)15(19)17-11-5-12(20-2)7-13(6-11)21-3/h4-8,16H,1-3H3,(H,17,19). The predicted molar refractivity (Wildman–Crippen MR) is 78.3 cm³/mol. The van der Waals surface area contributed by atoms with E-state index in [-0.39, 0.29) is 11.7 Å². The smallest absolute Gasteiger partial charge is 0.272 e. The number of H-pyrrole nitrogens is 1. The van der Waals surface area contributed by atoms with Gasteiger partial charge in [0.05, 0.1) is 14.2 Å². The van der Waals surface area contributed by atoms with Crippen LogP contribution in [0.4, 0.5) is 5.69 Å². The van der Waals surface area contributed by atoms with Gasteiger partial charge < -0.3 is 19.8 Å². The highest BCUT2D eigenvalue weighted by Gasteiger charge is 2.12. The molecule has 0 bridgehead atoms. The van der Waals surface area contributed by atoms with Gasteiger partial charge in [-0.3, -0.25) is 9.59 Å². The Morgan fingerprint density at radius 2 is 1.67 bits per heavy atom. The lowest BCUT2D eigenvalue weighted by Gasteiger charge is -2.09. The molecule has 6 heteroatoms. The second kappa shape index (κ2) is 6.13. The monoisotopic (exact) mass is 288 g/mol. The van der Waals surface area contributed by atoms with E-state index in [0.717, 1.165) is 0 Å². The van der Waals surface area contributed by atoms with Crippen LogP contribution in [0, 0.1) is 0 Å². The van der Waals surface area contributed by atoms with Crippen LogP contribution in [-0.4, -0.2) is 30.9 Å². The second-order valence-electron chi connectivity index (χ2n) is 4.41. The van der Waals surface area contributed by atoms with E-state index in [4.69, 9.17) is 9.47 Å². The highest BCUT2D eigenvalue weighted by Crippen LogP contribution is 2.26. The van der Waals surface area contributed by atoms with Gasteiger partial charge in [-0.15, -0.1) is 0 Å². The minimum absolute atomic E-state index is 0.103. The second-order valence-corrected chi connectivity index (χ2v) is 4.41. The van der Waals surface area contributed by atoms with Crippen molar-refractivity contribution >= 4 is 17.4 Å². The minimum atomic E-state index is -0.349. The number of rotatable bonds is 5. The molecule has 1 amide bonds. The van der Waals surface area contributed by atoms with E-state index in [2.05, 4.69) is 10.3 Å². The molecular weight excluding hydrogens is 272 g/mol. The zero-order valence-electron chi connectivity index (χ0n) is 12.0. The number of ether oxygens (including phenoxy) is 2. The number of methoxy groups -OCH3 is 2. The third kappa shape index (κ3) is 3.42.